The molecule has 0 aliphatic carbocycles. The summed E-state index contributed by atoms with van der Waals surface area (Å²) in [4.78, 5) is 20.7. The molecule has 160 valence electrons. The second kappa shape index (κ2) is 11.1. The Bertz CT molecular complexity index is 1040. The van der Waals surface area contributed by atoms with Gasteiger partial charge in [-0.05, 0) is 49.2 Å². The Balaban J connectivity index is 1.55. The average molecular weight is 437 g/mol. The number of methoxy groups -OCH3 is 1. The van der Waals surface area contributed by atoms with Crippen LogP contribution in [0.2, 0.25) is 0 Å². The van der Waals surface area contributed by atoms with Crippen LogP contribution >= 0.6 is 11.8 Å². The molecular formula is C23H24N4O3S. The first kappa shape index (κ1) is 22.3. The Morgan fingerprint density at radius 2 is 1.81 bits per heavy atom. The molecule has 1 heterocycles. The van der Waals surface area contributed by atoms with Gasteiger partial charge in [0.25, 0.3) is 5.91 Å². The first-order chi connectivity index (χ1) is 15.0. The van der Waals surface area contributed by atoms with Gasteiger partial charge in [-0.25, -0.2) is 15.4 Å². The Kier molecular flexibility index (Phi) is 8.00. The summed E-state index contributed by atoms with van der Waals surface area (Å²) in [5.74, 6) is 1.16. The van der Waals surface area contributed by atoms with E-state index >= 15 is 0 Å². The summed E-state index contributed by atoms with van der Waals surface area (Å²) in [6.45, 7) is 4.22. The maximum atomic E-state index is 12.1. The van der Waals surface area contributed by atoms with Crippen LogP contribution in [0.3, 0.4) is 0 Å². The van der Waals surface area contributed by atoms with Gasteiger partial charge in [-0.2, -0.15) is 5.10 Å². The maximum absolute atomic E-state index is 12.1. The fraction of sp³-hybridized carbons (Fsp3) is 0.217. The lowest BCUT2D eigenvalue weighted by atomic mass is 10.2. The molecule has 0 radical (unpaired) electrons. The first-order valence-corrected chi connectivity index (χ1v) is 10.6. The van der Waals surface area contributed by atoms with E-state index in [9.17, 15) is 4.79 Å². The first-order valence-electron chi connectivity index (χ1n) is 9.65. The van der Waals surface area contributed by atoms with E-state index < -0.39 is 0 Å². The van der Waals surface area contributed by atoms with Crippen LogP contribution in [0.1, 0.15) is 22.5 Å². The van der Waals surface area contributed by atoms with Gasteiger partial charge in [0.15, 0.2) is 16.7 Å². The normalized spacial score (nSPS) is 10.8. The Labute approximate surface area is 185 Å². The quantitative estimate of drug-likeness (QED) is 0.237. The van der Waals surface area contributed by atoms with Crippen LogP contribution in [-0.4, -0.2) is 35.0 Å². The summed E-state index contributed by atoms with van der Waals surface area (Å²) >= 11 is 1.27. The SMILES string of the molecule is COc1ccc(/C=N/NC(=O)CSc2nc(C)cc(C)n2)cc1OCc1ccccc1. The van der Waals surface area contributed by atoms with E-state index in [-0.39, 0.29) is 11.7 Å². The van der Waals surface area contributed by atoms with Crippen molar-refractivity contribution in [2.45, 2.75) is 25.6 Å². The highest BCUT2D eigenvalue weighted by Gasteiger charge is 2.07. The fourth-order valence-electron chi connectivity index (χ4n) is 2.72. The van der Waals surface area contributed by atoms with Crippen molar-refractivity contribution < 1.29 is 14.3 Å². The van der Waals surface area contributed by atoms with E-state index in [0.717, 1.165) is 22.5 Å². The van der Waals surface area contributed by atoms with E-state index in [1.165, 1.54) is 11.8 Å². The average Bonchev–Trinajstić information content (AvgIpc) is 2.76. The van der Waals surface area contributed by atoms with Crippen LogP contribution in [0.15, 0.2) is 64.9 Å². The van der Waals surface area contributed by atoms with Gasteiger partial charge in [-0.15, -0.1) is 0 Å². The Hall–Kier alpha value is -3.39. The van der Waals surface area contributed by atoms with Crippen molar-refractivity contribution >= 4 is 23.9 Å². The van der Waals surface area contributed by atoms with Crippen LogP contribution in [0.25, 0.3) is 0 Å². The number of hydrogen-bond acceptors (Lipinski definition) is 7. The number of carbonyl (C=O) groups excluding carboxylic acids is 1. The molecule has 3 aromatic rings. The highest BCUT2D eigenvalue weighted by molar-refractivity contribution is 7.99. The fourth-order valence-corrected chi connectivity index (χ4v) is 3.46. The largest absolute Gasteiger partial charge is 0.493 e. The van der Waals surface area contributed by atoms with Crippen molar-refractivity contribution in [2.24, 2.45) is 5.10 Å². The molecule has 2 aromatic carbocycles. The minimum atomic E-state index is -0.238. The minimum absolute atomic E-state index is 0.175. The lowest BCUT2D eigenvalue weighted by Crippen LogP contribution is -2.19. The number of thioether (sulfide) groups is 1. The van der Waals surface area contributed by atoms with Gasteiger partial charge in [0, 0.05) is 11.4 Å². The highest BCUT2D eigenvalue weighted by Crippen LogP contribution is 2.28. The third-order valence-corrected chi connectivity index (χ3v) is 4.97. The van der Waals surface area contributed by atoms with Gasteiger partial charge in [0.2, 0.25) is 0 Å². The molecular weight excluding hydrogens is 412 g/mol. The second-order valence-electron chi connectivity index (χ2n) is 6.70. The molecule has 0 spiro atoms. The predicted octanol–water partition coefficient (Wildman–Crippen LogP) is 3.92. The number of nitrogens with one attached hydrogen (secondary N) is 1. The van der Waals surface area contributed by atoms with E-state index in [1.54, 1.807) is 19.4 Å². The molecule has 31 heavy (non-hydrogen) atoms. The van der Waals surface area contributed by atoms with Gasteiger partial charge < -0.3 is 9.47 Å². The third-order valence-electron chi connectivity index (χ3n) is 4.12. The molecule has 0 saturated carbocycles. The number of benzene rings is 2. The zero-order valence-corrected chi connectivity index (χ0v) is 18.5. The zero-order chi connectivity index (χ0) is 22.1. The number of nitrogens with zero attached hydrogens (tertiary/aromatic N) is 3. The van der Waals surface area contributed by atoms with Crippen molar-refractivity contribution in [2.75, 3.05) is 12.9 Å². The van der Waals surface area contributed by atoms with Crippen molar-refractivity contribution in [3.05, 3.63) is 77.1 Å². The number of rotatable bonds is 9. The smallest absolute Gasteiger partial charge is 0.250 e. The molecule has 0 aliphatic heterocycles. The van der Waals surface area contributed by atoms with Crippen LogP contribution in [0.4, 0.5) is 0 Å². The number of carbonyl (C=O) groups is 1. The number of hydrazone groups is 1. The second-order valence-corrected chi connectivity index (χ2v) is 7.64. The molecule has 7 nitrogen and oxygen atoms in total. The molecule has 3 rings (SSSR count). The monoisotopic (exact) mass is 436 g/mol. The zero-order valence-electron chi connectivity index (χ0n) is 17.7. The van der Waals surface area contributed by atoms with Crippen molar-refractivity contribution in [3.63, 3.8) is 0 Å². The number of hydrogen-bond donors (Lipinski definition) is 1. The summed E-state index contributed by atoms with van der Waals surface area (Å²) in [5, 5.41) is 4.60. The molecule has 0 saturated heterocycles. The standard InChI is InChI=1S/C23H24N4O3S/c1-16-11-17(2)26-23(25-16)31-15-22(28)27-24-13-19-9-10-20(29-3)21(12-19)30-14-18-7-5-4-6-8-18/h4-13H,14-15H2,1-3H3,(H,27,28)/b24-13+. The number of ether oxygens (including phenoxy) is 2. The van der Waals surface area contributed by atoms with Gasteiger partial charge >= 0.3 is 0 Å². The van der Waals surface area contributed by atoms with Crippen molar-refractivity contribution in [3.8, 4) is 11.5 Å². The number of aryl methyl sites for hydroxylation is 2. The van der Waals surface area contributed by atoms with Gasteiger partial charge in [-0.3, -0.25) is 4.79 Å². The Morgan fingerprint density at radius 1 is 1.06 bits per heavy atom. The molecule has 8 heteroatoms. The summed E-state index contributed by atoms with van der Waals surface area (Å²) in [6.07, 6.45) is 1.56. The number of aromatic nitrogens is 2. The lowest BCUT2D eigenvalue weighted by Gasteiger charge is -2.11. The topological polar surface area (TPSA) is 85.7 Å². The third kappa shape index (κ3) is 7.11. The molecule has 0 unspecified atom stereocenters. The number of amides is 1. The van der Waals surface area contributed by atoms with Crippen molar-refractivity contribution in [1.82, 2.24) is 15.4 Å². The minimum Gasteiger partial charge on any atom is -0.493 e. The summed E-state index contributed by atoms with van der Waals surface area (Å²) < 4.78 is 11.3. The van der Waals surface area contributed by atoms with Crippen LogP contribution in [-0.2, 0) is 11.4 Å². The molecule has 1 amide bonds. The molecule has 1 aromatic heterocycles. The van der Waals surface area contributed by atoms with Crippen LogP contribution in [0.5, 0.6) is 11.5 Å². The summed E-state index contributed by atoms with van der Waals surface area (Å²) in [5.41, 5.74) is 6.09. The van der Waals surface area contributed by atoms with E-state index in [2.05, 4.69) is 20.5 Å². The van der Waals surface area contributed by atoms with Crippen LogP contribution in [0, 0.1) is 13.8 Å². The van der Waals surface area contributed by atoms with Crippen molar-refractivity contribution in [1.29, 1.82) is 0 Å². The highest BCUT2D eigenvalue weighted by atomic mass is 32.2. The molecule has 1 N–H and O–H groups in total. The summed E-state index contributed by atoms with van der Waals surface area (Å²) in [7, 11) is 1.59. The van der Waals surface area contributed by atoms with E-state index in [1.807, 2.05) is 62.4 Å². The van der Waals surface area contributed by atoms with Gasteiger partial charge in [0.05, 0.1) is 19.1 Å². The molecule has 0 atom stereocenters. The van der Waals surface area contributed by atoms with E-state index in [0.29, 0.717) is 23.3 Å². The van der Waals surface area contributed by atoms with Gasteiger partial charge in [0.1, 0.15) is 6.61 Å². The summed E-state index contributed by atoms with van der Waals surface area (Å²) in [6, 6.07) is 17.2. The van der Waals surface area contributed by atoms with E-state index in [4.69, 9.17) is 9.47 Å². The Morgan fingerprint density at radius 3 is 2.52 bits per heavy atom. The molecule has 0 aliphatic rings. The molecule has 0 bridgehead atoms. The lowest BCUT2D eigenvalue weighted by molar-refractivity contribution is -0.118. The van der Waals surface area contributed by atoms with Gasteiger partial charge in [-0.1, -0.05) is 42.1 Å². The predicted molar refractivity (Wildman–Crippen MR) is 122 cm³/mol. The van der Waals surface area contributed by atoms with Crippen LogP contribution < -0.4 is 14.9 Å². The molecule has 0 fully saturated rings. The maximum Gasteiger partial charge on any atom is 0.250 e.